The van der Waals surface area contributed by atoms with E-state index in [0.717, 1.165) is 16.7 Å². The van der Waals surface area contributed by atoms with Crippen LogP contribution in [0.2, 0.25) is 0 Å². The maximum atomic E-state index is 12.2. The lowest BCUT2D eigenvalue weighted by Gasteiger charge is -2.20. The summed E-state index contributed by atoms with van der Waals surface area (Å²) >= 11 is 1.10. The second kappa shape index (κ2) is 8.40. The standard InChI is InChI=1S/C14H19N3O4S/c1-8(15)11(18)17-13(12(19)16-9(2)14(20)21)22-10-6-4-3-5-7-10/h3-9,13H,15H2,1-2H3,(H,16,19)(H,17,18)(H,20,21)/t8-,9-,13+/m0/s1. The number of carbonyl (C=O) groups excluding carboxylic acids is 2. The number of nitrogens with one attached hydrogen (secondary N) is 2. The molecule has 0 heterocycles. The highest BCUT2D eigenvalue weighted by Crippen LogP contribution is 2.21. The summed E-state index contributed by atoms with van der Waals surface area (Å²) in [6, 6.07) is 7.15. The maximum absolute atomic E-state index is 12.2. The van der Waals surface area contributed by atoms with E-state index in [1.165, 1.54) is 13.8 Å². The average molecular weight is 325 g/mol. The Balaban J connectivity index is 2.83. The summed E-state index contributed by atoms with van der Waals surface area (Å²) in [5.74, 6) is -2.25. The molecule has 0 fully saturated rings. The second-order valence-electron chi connectivity index (χ2n) is 4.68. The lowest BCUT2D eigenvalue weighted by molar-refractivity contribution is -0.141. The van der Waals surface area contributed by atoms with Crippen molar-refractivity contribution >= 4 is 29.5 Å². The van der Waals surface area contributed by atoms with Gasteiger partial charge in [-0.1, -0.05) is 30.0 Å². The molecule has 0 aromatic heterocycles. The van der Waals surface area contributed by atoms with Crippen molar-refractivity contribution < 1.29 is 19.5 Å². The summed E-state index contributed by atoms with van der Waals surface area (Å²) < 4.78 is 0. The molecule has 0 aliphatic rings. The first-order chi connectivity index (χ1) is 10.3. The van der Waals surface area contributed by atoms with Crippen LogP contribution in [0.25, 0.3) is 0 Å². The Morgan fingerprint density at radius 2 is 1.68 bits per heavy atom. The van der Waals surface area contributed by atoms with Gasteiger partial charge in [-0.2, -0.15) is 0 Å². The summed E-state index contributed by atoms with van der Waals surface area (Å²) in [7, 11) is 0. The topological polar surface area (TPSA) is 122 Å². The number of aliphatic carboxylic acids is 1. The Bertz CT molecular complexity index is 536. The van der Waals surface area contributed by atoms with Crippen LogP contribution in [0.15, 0.2) is 35.2 Å². The predicted octanol–water partition coefficient (Wildman–Crippen LogP) is 0.158. The fraction of sp³-hybridized carbons (Fsp3) is 0.357. The van der Waals surface area contributed by atoms with E-state index in [0.29, 0.717) is 0 Å². The molecular formula is C14H19N3O4S. The van der Waals surface area contributed by atoms with Crippen LogP contribution in [0.4, 0.5) is 0 Å². The third-order valence-electron chi connectivity index (χ3n) is 2.65. The first kappa shape index (κ1) is 18.0. The third-order valence-corrected chi connectivity index (χ3v) is 3.76. The Hall–Kier alpha value is -2.06. The Kier molecular flexibility index (Phi) is 6.87. The first-order valence-electron chi connectivity index (χ1n) is 6.62. The molecular weight excluding hydrogens is 306 g/mol. The highest BCUT2D eigenvalue weighted by Gasteiger charge is 2.26. The molecule has 1 aromatic rings. The van der Waals surface area contributed by atoms with Gasteiger partial charge >= 0.3 is 5.97 Å². The van der Waals surface area contributed by atoms with Crippen LogP contribution in [-0.2, 0) is 14.4 Å². The van der Waals surface area contributed by atoms with Crippen LogP contribution < -0.4 is 16.4 Å². The molecule has 0 radical (unpaired) electrons. The van der Waals surface area contributed by atoms with Crippen LogP contribution >= 0.6 is 11.8 Å². The number of rotatable bonds is 7. The molecule has 8 heteroatoms. The summed E-state index contributed by atoms with van der Waals surface area (Å²) in [6.45, 7) is 2.84. The van der Waals surface area contributed by atoms with Gasteiger partial charge < -0.3 is 21.5 Å². The fourth-order valence-corrected chi connectivity index (χ4v) is 2.33. The van der Waals surface area contributed by atoms with Crippen molar-refractivity contribution in [1.29, 1.82) is 0 Å². The number of hydrogen-bond acceptors (Lipinski definition) is 5. The van der Waals surface area contributed by atoms with Gasteiger partial charge in [-0.05, 0) is 26.0 Å². The van der Waals surface area contributed by atoms with E-state index in [1.54, 1.807) is 24.3 Å². The van der Waals surface area contributed by atoms with E-state index in [2.05, 4.69) is 10.6 Å². The molecule has 1 aromatic carbocycles. The van der Waals surface area contributed by atoms with Crippen LogP contribution in [0.1, 0.15) is 13.8 Å². The number of hydrogen-bond donors (Lipinski definition) is 4. The van der Waals surface area contributed by atoms with Crippen LogP contribution in [0.3, 0.4) is 0 Å². The molecule has 5 N–H and O–H groups in total. The minimum atomic E-state index is -1.16. The van der Waals surface area contributed by atoms with E-state index >= 15 is 0 Å². The summed E-state index contributed by atoms with van der Waals surface area (Å²) in [6.07, 6.45) is 0. The minimum absolute atomic E-state index is 0.494. The quantitative estimate of drug-likeness (QED) is 0.418. The molecule has 0 saturated carbocycles. The van der Waals surface area contributed by atoms with E-state index in [-0.39, 0.29) is 0 Å². The Morgan fingerprint density at radius 3 is 2.18 bits per heavy atom. The third kappa shape index (κ3) is 5.74. The number of amides is 2. The van der Waals surface area contributed by atoms with Gasteiger partial charge in [-0.3, -0.25) is 14.4 Å². The highest BCUT2D eigenvalue weighted by molar-refractivity contribution is 8.00. The van der Waals surface area contributed by atoms with Gasteiger partial charge in [-0.15, -0.1) is 0 Å². The molecule has 3 atom stereocenters. The Morgan fingerprint density at radius 1 is 1.09 bits per heavy atom. The van der Waals surface area contributed by atoms with Gasteiger partial charge in [-0.25, -0.2) is 0 Å². The number of thioether (sulfide) groups is 1. The van der Waals surface area contributed by atoms with E-state index in [9.17, 15) is 14.4 Å². The number of carboxylic acids is 1. The molecule has 120 valence electrons. The van der Waals surface area contributed by atoms with Crippen LogP contribution in [0, 0.1) is 0 Å². The zero-order chi connectivity index (χ0) is 16.7. The molecule has 7 nitrogen and oxygen atoms in total. The number of carbonyl (C=O) groups is 3. The molecule has 0 spiro atoms. The summed E-state index contributed by atoms with van der Waals surface area (Å²) in [5, 5.41) is 12.7. The zero-order valence-corrected chi connectivity index (χ0v) is 13.1. The van der Waals surface area contributed by atoms with E-state index in [1.807, 2.05) is 6.07 Å². The monoisotopic (exact) mass is 325 g/mol. The molecule has 2 amide bonds. The molecule has 22 heavy (non-hydrogen) atoms. The second-order valence-corrected chi connectivity index (χ2v) is 5.86. The maximum Gasteiger partial charge on any atom is 0.325 e. The molecule has 0 aliphatic heterocycles. The minimum Gasteiger partial charge on any atom is -0.480 e. The molecule has 0 saturated heterocycles. The number of nitrogens with two attached hydrogens (primary N) is 1. The van der Waals surface area contributed by atoms with Crippen molar-refractivity contribution in [2.75, 3.05) is 0 Å². The van der Waals surface area contributed by atoms with Gasteiger partial charge in [0.1, 0.15) is 6.04 Å². The van der Waals surface area contributed by atoms with Gasteiger partial charge in [0.05, 0.1) is 6.04 Å². The van der Waals surface area contributed by atoms with Gasteiger partial charge in [0.25, 0.3) is 5.91 Å². The first-order valence-corrected chi connectivity index (χ1v) is 7.50. The van der Waals surface area contributed by atoms with Crippen LogP contribution in [0.5, 0.6) is 0 Å². The number of benzene rings is 1. The van der Waals surface area contributed by atoms with Gasteiger partial charge in [0.15, 0.2) is 5.37 Å². The van der Waals surface area contributed by atoms with Crippen LogP contribution in [-0.4, -0.2) is 40.3 Å². The van der Waals surface area contributed by atoms with Gasteiger partial charge in [0.2, 0.25) is 5.91 Å². The zero-order valence-electron chi connectivity index (χ0n) is 12.3. The van der Waals surface area contributed by atoms with E-state index < -0.39 is 35.2 Å². The average Bonchev–Trinajstić information content (AvgIpc) is 2.47. The SMILES string of the molecule is C[C@H](N)C(=O)N[C@H](Sc1ccccc1)C(=O)N[C@@H](C)C(=O)O. The van der Waals surface area contributed by atoms with Crippen molar-refractivity contribution in [2.45, 2.75) is 36.2 Å². The van der Waals surface area contributed by atoms with Crippen molar-refractivity contribution in [3.8, 4) is 0 Å². The highest BCUT2D eigenvalue weighted by atomic mass is 32.2. The van der Waals surface area contributed by atoms with Crippen molar-refractivity contribution in [3.63, 3.8) is 0 Å². The number of carboxylic acid groups (broad SMARTS) is 1. The lowest BCUT2D eigenvalue weighted by Crippen LogP contribution is -2.52. The van der Waals surface area contributed by atoms with Gasteiger partial charge in [0, 0.05) is 4.90 Å². The largest absolute Gasteiger partial charge is 0.480 e. The van der Waals surface area contributed by atoms with Crippen molar-refractivity contribution in [3.05, 3.63) is 30.3 Å². The molecule has 0 aliphatic carbocycles. The lowest BCUT2D eigenvalue weighted by atomic mass is 10.3. The van der Waals surface area contributed by atoms with Crippen molar-refractivity contribution in [2.24, 2.45) is 5.73 Å². The summed E-state index contributed by atoms with van der Waals surface area (Å²) in [4.78, 5) is 35.5. The molecule has 1 rings (SSSR count). The van der Waals surface area contributed by atoms with E-state index in [4.69, 9.17) is 10.8 Å². The molecule has 0 unspecified atom stereocenters. The van der Waals surface area contributed by atoms with Crippen molar-refractivity contribution in [1.82, 2.24) is 10.6 Å². The predicted molar refractivity (Wildman–Crippen MR) is 83.1 cm³/mol. The molecule has 0 bridgehead atoms. The smallest absolute Gasteiger partial charge is 0.325 e. The normalized spacial score (nSPS) is 14.5. The Labute approximate surface area is 132 Å². The fourth-order valence-electron chi connectivity index (χ4n) is 1.40. The summed E-state index contributed by atoms with van der Waals surface area (Å²) in [5.41, 5.74) is 5.48.